The van der Waals surface area contributed by atoms with E-state index in [4.69, 9.17) is 16.3 Å². The first-order valence-corrected chi connectivity index (χ1v) is 5.27. The molecule has 86 valence electrons. The molecule has 0 atom stereocenters. The summed E-state index contributed by atoms with van der Waals surface area (Å²) in [5, 5.41) is 0.300. The first-order chi connectivity index (χ1) is 8.16. The van der Waals surface area contributed by atoms with Gasteiger partial charge >= 0.3 is 5.97 Å². The van der Waals surface area contributed by atoms with Crippen molar-refractivity contribution in [2.24, 2.45) is 0 Å². The largest absolute Gasteiger partial charge is 0.423 e. The molecule has 0 unspecified atom stereocenters. The summed E-state index contributed by atoms with van der Waals surface area (Å²) in [7, 11) is 0. The highest BCUT2D eigenvalue weighted by atomic mass is 35.5. The maximum atomic E-state index is 12.9. The Morgan fingerprint density at radius 2 is 1.88 bits per heavy atom. The van der Waals surface area contributed by atoms with Gasteiger partial charge in [0.2, 0.25) is 0 Å². The fraction of sp³-hybridized carbons (Fsp3) is 0. The molecule has 0 aliphatic carbocycles. The van der Waals surface area contributed by atoms with Gasteiger partial charge in [0.25, 0.3) is 0 Å². The zero-order chi connectivity index (χ0) is 12.3. The van der Waals surface area contributed by atoms with Crippen LogP contribution in [0.5, 0.6) is 5.75 Å². The van der Waals surface area contributed by atoms with Gasteiger partial charge in [-0.3, -0.25) is 0 Å². The van der Waals surface area contributed by atoms with Crippen molar-refractivity contribution in [1.82, 2.24) is 0 Å². The summed E-state index contributed by atoms with van der Waals surface area (Å²) in [4.78, 5) is 11.7. The molecule has 0 saturated heterocycles. The molecule has 4 heteroatoms. The second kappa shape index (κ2) is 4.97. The fourth-order valence-electron chi connectivity index (χ4n) is 1.32. The van der Waals surface area contributed by atoms with Crippen LogP contribution in [0.1, 0.15) is 10.4 Å². The lowest BCUT2D eigenvalue weighted by Gasteiger charge is -2.05. The molecule has 17 heavy (non-hydrogen) atoms. The van der Waals surface area contributed by atoms with Crippen LogP contribution >= 0.6 is 11.6 Å². The van der Waals surface area contributed by atoms with E-state index >= 15 is 0 Å². The van der Waals surface area contributed by atoms with E-state index in [0.29, 0.717) is 5.02 Å². The summed E-state index contributed by atoms with van der Waals surface area (Å²) < 4.78 is 17.9. The molecular weight excluding hydrogens is 243 g/mol. The van der Waals surface area contributed by atoms with Crippen LogP contribution in [0.25, 0.3) is 0 Å². The van der Waals surface area contributed by atoms with Crippen molar-refractivity contribution in [3.8, 4) is 5.75 Å². The van der Waals surface area contributed by atoms with Gasteiger partial charge in [-0.25, -0.2) is 9.18 Å². The van der Waals surface area contributed by atoms with Gasteiger partial charge in [0.1, 0.15) is 11.6 Å². The number of hydrogen-bond donors (Lipinski definition) is 0. The highest BCUT2D eigenvalue weighted by molar-refractivity contribution is 6.33. The summed E-state index contributed by atoms with van der Waals surface area (Å²) >= 11 is 5.84. The zero-order valence-corrected chi connectivity index (χ0v) is 9.45. The monoisotopic (exact) mass is 250 g/mol. The van der Waals surface area contributed by atoms with Gasteiger partial charge in [0.15, 0.2) is 0 Å². The predicted molar refractivity (Wildman–Crippen MR) is 62.8 cm³/mol. The van der Waals surface area contributed by atoms with Crippen molar-refractivity contribution in [3.05, 3.63) is 64.9 Å². The Labute approximate surface area is 103 Å². The second-order valence-electron chi connectivity index (χ2n) is 3.33. The highest BCUT2D eigenvalue weighted by Gasteiger charge is 2.12. The lowest BCUT2D eigenvalue weighted by Crippen LogP contribution is -2.09. The minimum Gasteiger partial charge on any atom is -0.423 e. The number of benzene rings is 2. The normalized spacial score (nSPS) is 10.0. The van der Waals surface area contributed by atoms with Crippen LogP contribution in [0.15, 0.2) is 48.5 Å². The van der Waals surface area contributed by atoms with Crippen LogP contribution in [0.3, 0.4) is 0 Å². The molecule has 0 fully saturated rings. The van der Waals surface area contributed by atoms with Crippen molar-refractivity contribution in [3.63, 3.8) is 0 Å². The van der Waals surface area contributed by atoms with Gasteiger partial charge in [-0.2, -0.15) is 0 Å². The van der Waals surface area contributed by atoms with Crippen molar-refractivity contribution < 1.29 is 13.9 Å². The smallest absolute Gasteiger partial charge is 0.345 e. The SMILES string of the molecule is O=C(Oc1cccc(F)c1)c1ccccc1Cl. The Hall–Kier alpha value is -1.87. The summed E-state index contributed by atoms with van der Waals surface area (Å²) in [6, 6.07) is 11.9. The average molecular weight is 251 g/mol. The van der Waals surface area contributed by atoms with E-state index in [9.17, 15) is 9.18 Å². The number of hydrogen-bond acceptors (Lipinski definition) is 2. The molecule has 2 aromatic carbocycles. The lowest BCUT2D eigenvalue weighted by molar-refractivity contribution is 0.0734. The van der Waals surface area contributed by atoms with E-state index in [1.807, 2.05) is 0 Å². The quantitative estimate of drug-likeness (QED) is 0.600. The van der Waals surface area contributed by atoms with Crippen LogP contribution in [0.2, 0.25) is 5.02 Å². The van der Waals surface area contributed by atoms with E-state index in [1.54, 1.807) is 24.3 Å². The Morgan fingerprint density at radius 3 is 2.59 bits per heavy atom. The summed E-state index contributed by atoms with van der Waals surface area (Å²) in [5.41, 5.74) is 0.249. The van der Waals surface area contributed by atoms with Crippen LogP contribution in [0.4, 0.5) is 4.39 Å². The first-order valence-electron chi connectivity index (χ1n) is 4.89. The number of carbonyl (C=O) groups excluding carboxylic acids is 1. The van der Waals surface area contributed by atoms with Crippen LogP contribution in [-0.2, 0) is 0 Å². The molecule has 0 amide bonds. The van der Waals surface area contributed by atoms with Crippen molar-refractivity contribution in [1.29, 1.82) is 0 Å². The average Bonchev–Trinajstić information content (AvgIpc) is 2.29. The third kappa shape index (κ3) is 2.82. The third-order valence-corrected chi connectivity index (χ3v) is 2.43. The minimum atomic E-state index is -0.610. The van der Waals surface area contributed by atoms with Gasteiger partial charge in [-0.1, -0.05) is 29.8 Å². The van der Waals surface area contributed by atoms with E-state index < -0.39 is 11.8 Å². The molecule has 2 nitrogen and oxygen atoms in total. The van der Waals surface area contributed by atoms with Gasteiger partial charge in [0.05, 0.1) is 10.6 Å². The number of halogens is 2. The third-order valence-electron chi connectivity index (χ3n) is 2.10. The molecule has 0 aliphatic heterocycles. The molecule has 2 rings (SSSR count). The fourth-order valence-corrected chi connectivity index (χ4v) is 1.53. The molecule has 2 aromatic rings. The molecule has 0 heterocycles. The van der Waals surface area contributed by atoms with Crippen molar-refractivity contribution in [2.75, 3.05) is 0 Å². The molecule has 0 saturated carbocycles. The topological polar surface area (TPSA) is 26.3 Å². The second-order valence-corrected chi connectivity index (χ2v) is 3.73. The van der Waals surface area contributed by atoms with E-state index in [0.717, 1.165) is 6.07 Å². The summed E-state index contributed by atoms with van der Waals surface area (Å²) in [6.07, 6.45) is 0. The standard InChI is InChI=1S/C13H8ClFO2/c14-12-7-2-1-6-11(12)13(16)17-10-5-3-4-9(15)8-10/h1-8H. The molecule has 0 aliphatic rings. The van der Waals surface area contributed by atoms with E-state index in [2.05, 4.69) is 0 Å². The first kappa shape index (κ1) is 11.6. The Kier molecular flexibility index (Phi) is 3.40. The molecular formula is C13H8ClFO2. The molecule has 0 N–H and O–H groups in total. The van der Waals surface area contributed by atoms with Gasteiger partial charge < -0.3 is 4.74 Å². The summed E-state index contributed by atoms with van der Waals surface area (Å²) in [6.45, 7) is 0. The summed E-state index contributed by atoms with van der Waals surface area (Å²) in [5.74, 6) is -0.925. The van der Waals surface area contributed by atoms with Gasteiger partial charge in [-0.15, -0.1) is 0 Å². The van der Waals surface area contributed by atoms with E-state index in [-0.39, 0.29) is 11.3 Å². The maximum Gasteiger partial charge on any atom is 0.345 e. The molecule has 0 bridgehead atoms. The van der Waals surface area contributed by atoms with Gasteiger partial charge in [-0.05, 0) is 24.3 Å². The van der Waals surface area contributed by atoms with Crippen LogP contribution < -0.4 is 4.74 Å². The Morgan fingerprint density at radius 1 is 1.12 bits per heavy atom. The predicted octanol–water partition coefficient (Wildman–Crippen LogP) is 3.70. The lowest BCUT2D eigenvalue weighted by atomic mass is 10.2. The highest BCUT2D eigenvalue weighted by Crippen LogP contribution is 2.19. The van der Waals surface area contributed by atoms with Crippen molar-refractivity contribution >= 4 is 17.6 Å². The van der Waals surface area contributed by atoms with Gasteiger partial charge in [0, 0.05) is 6.07 Å². The van der Waals surface area contributed by atoms with Crippen LogP contribution in [-0.4, -0.2) is 5.97 Å². The number of esters is 1. The molecule has 0 spiro atoms. The minimum absolute atomic E-state index is 0.148. The zero-order valence-electron chi connectivity index (χ0n) is 8.69. The number of ether oxygens (including phenoxy) is 1. The van der Waals surface area contributed by atoms with Crippen LogP contribution in [0, 0.1) is 5.82 Å². The molecule has 0 radical (unpaired) electrons. The van der Waals surface area contributed by atoms with E-state index in [1.165, 1.54) is 18.2 Å². The van der Waals surface area contributed by atoms with Crippen molar-refractivity contribution in [2.45, 2.75) is 0 Å². The number of carbonyl (C=O) groups is 1. The molecule has 0 aromatic heterocycles. The Bertz CT molecular complexity index is 555. The number of rotatable bonds is 2. The maximum absolute atomic E-state index is 12.9. The Balaban J connectivity index is 2.20.